The molecular formula is C5H2Cl2OS. The van der Waals surface area contributed by atoms with E-state index in [9.17, 15) is 4.79 Å². The highest BCUT2D eigenvalue weighted by Gasteiger charge is 2.02. The van der Waals surface area contributed by atoms with E-state index >= 15 is 0 Å². The molecule has 1 aromatic heterocycles. The van der Waals surface area contributed by atoms with Crippen LogP contribution in [0.25, 0.3) is 0 Å². The Labute approximate surface area is 66.2 Å². The van der Waals surface area contributed by atoms with Gasteiger partial charge in [0.1, 0.15) is 4.34 Å². The van der Waals surface area contributed by atoms with Crippen LogP contribution in [0.1, 0.15) is 10.4 Å². The molecule has 0 saturated heterocycles. The second-order valence-electron chi connectivity index (χ2n) is 1.40. The van der Waals surface area contributed by atoms with Crippen molar-refractivity contribution in [3.63, 3.8) is 0 Å². The molecule has 0 radical (unpaired) electrons. The van der Waals surface area contributed by atoms with Gasteiger partial charge in [0.05, 0.1) is 4.34 Å². The number of hydrogen-bond donors (Lipinski definition) is 0. The van der Waals surface area contributed by atoms with Gasteiger partial charge in [-0.25, -0.2) is 0 Å². The maximum atomic E-state index is 10.1. The summed E-state index contributed by atoms with van der Waals surface area (Å²) in [5, 5.41) is 0. The molecule has 0 aliphatic heterocycles. The van der Waals surface area contributed by atoms with Crippen molar-refractivity contribution in [1.29, 1.82) is 0 Å². The third kappa shape index (κ3) is 1.45. The standard InChI is InChI=1S/C5H2Cl2OS/c6-4-1-3(2-8)5(7)9-4/h1-2H. The molecule has 0 aliphatic rings. The fraction of sp³-hybridized carbons (Fsp3) is 0. The van der Waals surface area contributed by atoms with Gasteiger partial charge in [-0.2, -0.15) is 0 Å². The fourth-order valence-electron chi connectivity index (χ4n) is 0.433. The largest absolute Gasteiger partial charge is 0.298 e. The highest BCUT2D eigenvalue weighted by atomic mass is 35.5. The molecule has 9 heavy (non-hydrogen) atoms. The van der Waals surface area contributed by atoms with Crippen LogP contribution in [0, 0.1) is 0 Å². The molecule has 0 unspecified atom stereocenters. The Morgan fingerprint density at radius 3 is 2.44 bits per heavy atom. The second kappa shape index (κ2) is 2.69. The molecule has 0 N–H and O–H groups in total. The second-order valence-corrected chi connectivity index (χ2v) is 3.68. The molecule has 0 aromatic carbocycles. The van der Waals surface area contributed by atoms with Crippen LogP contribution in [0.4, 0.5) is 0 Å². The first-order chi connectivity index (χ1) is 4.24. The summed E-state index contributed by atoms with van der Waals surface area (Å²) in [4.78, 5) is 10.1. The van der Waals surface area contributed by atoms with Gasteiger partial charge in [-0.05, 0) is 6.07 Å². The minimum absolute atomic E-state index is 0.454. The van der Waals surface area contributed by atoms with Crippen molar-refractivity contribution in [2.75, 3.05) is 0 Å². The molecule has 0 fully saturated rings. The van der Waals surface area contributed by atoms with Crippen LogP contribution >= 0.6 is 34.5 Å². The Bertz CT molecular complexity index is 231. The average molecular weight is 181 g/mol. The number of aldehydes is 1. The van der Waals surface area contributed by atoms with Crippen LogP contribution in [0.3, 0.4) is 0 Å². The monoisotopic (exact) mass is 180 g/mol. The zero-order valence-electron chi connectivity index (χ0n) is 4.23. The van der Waals surface area contributed by atoms with Crippen molar-refractivity contribution in [3.05, 3.63) is 20.3 Å². The van der Waals surface area contributed by atoms with Crippen LogP contribution < -0.4 is 0 Å². The van der Waals surface area contributed by atoms with Crippen molar-refractivity contribution in [1.82, 2.24) is 0 Å². The van der Waals surface area contributed by atoms with Crippen molar-refractivity contribution >= 4 is 40.8 Å². The molecule has 1 rings (SSSR count). The van der Waals surface area contributed by atoms with E-state index in [0.29, 0.717) is 20.5 Å². The van der Waals surface area contributed by atoms with Crippen LogP contribution in [0.15, 0.2) is 6.07 Å². The maximum Gasteiger partial charge on any atom is 0.152 e. The van der Waals surface area contributed by atoms with E-state index in [4.69, 9.17) is 23.2 Å². The van der Waals surface area contributed by atoms with Crippen LogP contribution in [0.5, 0.6) is 0 Å². The Kier molecular flexibility index (Phi) is 2.11. The van der Waals surface area contributed by atoms with Gasteiger partial charge in [0, 0.05) is 5.56 Å². The first-order valence-electron chi connectivity index (χ1n) is 2.14. The normalized spacial score (nSPS) is 9.56. The van der Waals surface area contributed by atoms with Crippen LogP contribution in [-0.4, -0.2) is 6.29 Å². The van der Waals surface area contributed by atoms with Gasteiger partial charge in [0.25, 0.3) is 0 Å². The van der Waals surface area contributed by atoms with Gasteiger partial charge in [0.2, 0.25) is 0 Å². The first-order valence-corrected chi connectivity index (χ1v) is 3.71. The van der Waals surface area contributed by atoms with Gasteiger partial charge in [0.15, 0.2) is 6.29 Å². The van der Waals surface area contributed by atoms with Gasteiger partial charge in [-0.15, -0.1) is 11.3 Å². The van der Waals surface area contributed by atoms with Crippen molar-refractivity contribution in [2.45, 2.75) is 0 Å². The van der Waals surface area contributed by atoms with Gasteiger partial charge < -0.3 is 0 Å². The van der Waals surface area contributed by atoms with Crippen molar-refractivity contribution in [3.8, 4) is 0 Å². The van der Waals surface area contributed by atoms with E-state index in [2.05, 4.69) is 0 Å². The highest BCUT2D eigenvalue weighted by Crippen LogP contribution is 2.29. The summed E-state index contributed by atoms with van der Waals surface area (Å²) in [6, 6.07) is 1.54. The first kappa shape index (κ1) is 7.06. The molecule has 48 valence electrons. The number of thiophene rings is 1. The summed E-state index contributed by atoms with van der Waals surface area (Å²) in [5.41, 5.74) is 0.465. The molecule has 1 nitrogen and oxygen atoms in total. The SMILES string of the molecule is O=Cc1cc(Cl)sc1Cl. The van der Waals surface area contributed by atoms with Crippen LogP contribution in [-0.2, 0) is 0 Å². The van der Waals surface area contributed by atoms with Crippen molar-refractivity contribution in [2.24, 2.45) is 0 Å². The zero-order valence-corrected chi connectivity index (χ0v) is 6.56. The molecule has 1 heterocycles. The van der Waals surface area contributed by atoms with E-state index in [0.717, 1.165) is 0 Å². The van der Waals surface area contributed by atoms with E-state index in [-0.39, 0.29) is 0 Å². The number of hydrogen-bond acceptors (Lipinski definition) is 2. The predicted octanol–water partition coefficient (Wildman–Crippen LogP) is 2.87. The lowest BCUT2D eigenvalue weighted by Gasteiger charge is -1.75. The molecule has 0 aliphatic carbocycles. The molecule has 1 aromatic rings. The quantitative estimate of drug-likeness (QED) is 0.608. The molecular weight excluding hydrogens is 179 g/mol. The van der Waals surface area contributed by atoms with Gasteiger partial charge in [-0.1, -0.05) is 23.2 Å². The van der Waals surface area contributed by atoms with E-state index < -0.39 is 0 Å². The molecule has 4 heteroatoms. The Balaban J connectivity index is 3.15. The molecule has 0 atom stereocenters. The van der Waals surface area contributed by atoms with Gasteiger partial charge >= 0.3 is 0 Å². The number of halogens is 2. The average Bonchev–Trinajstić information content (AvgIpc) is 2.10. The van der Waals surface area contributed by atoms with Crippen molar-refractivity contribution < 1.29 is 4.79 Å². The molecule has 0 bridgehead atoms. The predicted molar refractivity (Wildman–Crippen MR) is 39.7 cm³/mol. The van der Waals surface area contributed by atoms with Crippen LogP contribution in [0.2, 0.25) is 8.67 Å². The summed E-state index contributed by atoms with van der Waals surface area (Å²) in [5.74, 6) is 0. The van der Waals surface area contributed by atoms with Gasteiger partial charge in [-0.3, -0.25) is 4.79 Å². The Hall–Kier alpha value is -0.0500. The number of carbonyl (C=O) groups excluding carboxylic acids is 1. The highest BCUT2D eigenvalue weighted by molar-refractivity contribution is 7.20. The lowest BCUT2D eigenvalue weighted by Crippen LogP contribution is -1.69. The summed E-state index contributed by atoms with van der Waals surface area (Å²) in [6.45, 7) is 0. The third-order valence-corrected chi connectivity index (χ3v) is 2.33. The fourth-order valence-corrected chi connectivity index (χ4v) is 1.83. The Morgan fingerprint density at radius 1 is 1.56 bits per heavy atom. The summed E-state index contributed by atoms with van der Waals surface area (Å²) in [6.07, 6.45) is 0.685. The maximum absolute atomic E-state index is 10.1. The molecule has 0 spiro atoms. The van der Waals surface area contributed by atoms with E-state index in [1.54, 1.807) is 6.07 Å². The lowest BCUT2D eigenvalue weighted by atomic mass is 10.4. The minimum atomic E-state index is 0.454. The third-order valence-electron chi connectivity index (χ3n) is 0.810. The summed E-state index contributed by atoms with van der Waals surface area (Å²) < 4.78 is 0.997. The van der Waals surface area contributed by atoms with E-state index in [1.807, 2.05) is 0 Å². The van der Waals surface area contributed by atoms with E-state index in [1.165, 1.54) is 11.3 Å². The summed E-state index contributed by atoms with van der Waals surface area (Å²) in [7, 11) is 0. The minimum Gasteiger partial charge on any atom is -0.298 e. The lowest BCUT2D eigenvalue weighted by molar-refractivity contribution is 0.112. The molecule has 0 saturated carbocycles. The smallest absolute Gasteiger partial charge is 0.152 e. The zero-order chi connectivity index (χ0) is 6.85. The summed E-state index contributed by atoms with van der Waals surface area (Å²) >= 11 is 12.3. The number of carbonyl (C=O) groups is 1. The molecule has 0 amide bonds. The topological polar surface area (TPSA) is 17.1 Å². The number of rotatable bonds is 1. The Morgan fingerprint density at radius 2 is 2.22 bits per heavy atom.